The van der Waals surface area contributed by atoms with Crippen LogP contribution in [0.25, 0.3) is 0 Å². The molecule has 0 fully saturated rings. The van der Waals surface area contributed by atoms with Crippen molar-refractivity contribution in [1.82, 2.24) is 4.31 Å². The van der Waals surface area contributed by atoms with Gasteiger partial charge in [0.2, 0.25) is 6.41 Å². The lowest BCUT2D eigenvalue weighted by atomic mass is 10.2. The van der Waals surface area contributed by atoms with Crippen molar-refractivity contribution in [3.63, 3.8) is 0 Å². The summed E-state index contributed by atoms with van der Waals surface area (Å²) in [7, 11) is -2.78. The lowest BCUT2D eigenvalue weighted by Crippen LogP contribution is -2.58. The van der Waals surface area contributed by atoms with E-state index in [1.54, 1.807) is 38.1 Å². The molecule has 0 aliphatic carbocycles. The van der Waals surface area contributed by atoms with Crippen molar-refractivity contribution < 1.29 is 32.7 Å². The number of rotatable bonds is 11. The van der Waals surface area contributed by atoms with Crippen LogP contribution >= 0.6 is 20.4 Å². The molecule has 1 rings (SSSR count). The second-order valence-corrected chi connectivity index (χ2v) is 7.56. The molecule has 2 N–H and O–H groups in total. The maximum atomic E-state index is 13.0. The highest BCUT2D eigenvalue weighted by Gasteiger charge is 2.59. The Hall–Kier alpha value is -1.58. The van der Waals surface area contributed by atoms with E-state index in [1.165, 1.54) is 7.11 Å². The molecular formula is C15H23N2O7PS. The number of thiol groups is 1. The van der Waals surface area contributed by atoms with Gasteiger partial charge < -0.3 is 18.5 Å². The molecule has 146 valence electrons. The Morgan fingerprint density at radius 2 is 1.81 bits per heavy atom. The Labute approximate surface area is 157 Å². The van der Waals surface area contributed by atoms with Gasteiger partial charge in [-0.2, -0.15) is 0 Å². The molecule has 0 aromatic heterocycles. The zero-order valence-electron chi connectivity index (χ0n) is 14.8. The Balaban J connectivity index is 3.07. The molecule has 0 saturated heterocycles. The molecule has 0 heterocycles. The van der Waals surface area contributed by atoms with Gasteiger partial charge in [0.05, 0.1) is 20.3 Å². The Morgan fingerprint density at radius 3 is 2.23 bits per heavy atom. The maximum Gasteiger partial charge on any atom is 0.383 e. The van der Waals surface area contributed by atoms with Gasteiger partial charge in [-0.05, 0) is 31.5 Å². The molecule has 0 aliphatic heterocycles. The fourth-order valence-electron chi connectivity index (χ4n) is 1.96. The molecular weight excluding hydrogens is 383 g/mol. The molecule has 0 aliphatic rings. The number of methoxy groups -OCH3 is 1. The topological polar surface area (TPSA) is 117 Å². The first-order chi connectivity index (χ1) is 12.3. The number of esters is 1. The van der Waals surface area contributed by atoms with Crippen molar-refractivity contribution in [2.45, 2.75) is 25.9 Å². The molecule has 9 nitrogen and oxygen atoms in total. The molecule has 0 saturated carbocycles. The zero-order chi connectivity index (χ0) is 19.8. The van der Waals surface area contributed by atoms with Gasteiger partial charge in [0, 0.05) is 0 Å². The summed E-state index contributed by atoms with van der Waals surface area (Å²) in [6.45, 7) is 2.77. The number of carbonyl (C=O) groups excluding carboxylic acids is 2. The molecule has 0 spiro atoms. The van der Waals surface area contributed by atoms with Gasteiger partial charge in [0.1, 0.15) is 12.4 Å². The average molecular weight is 406 g/mol. The molecule has 1 unspecified atom stereocenters. The molecule has 1 aromatic rings. The van der Waals surface area contributed by atoms with E-state index in [0.29, 0.717) is 15.6 Å². The van der Waals surface area contributed by atoms with E-state index in [1.807, 2.05) is 0 Å². The van der Waals surface area contributed by atoms with Crippen LogP contribution in [0.1, 0.15) is 19.4 Å². The number of amides is 1. The van der Waals surface area contributed by atoms with Crippen LogP contribution in [-0.2, 0) is 34.5 Å². The summed E-state index contributed by atoms with van der Waals surface area (Å²) < 4.78 is 33.8. The van der Waals surface area contributed by atoms with Gasteiger partial charge in [0.25, 0.3) is 0 Å². The molecule has 26 heavy (non-hydrogen) atoms. The second-order valence-electron chi connectivity index (χ2n) is 4.93. The number of nitrogens with two attached hydrogens (primary N) is 1. The van der Waals surface area contributed by atoms with Crippen LogP contribution in [0.5, 0.6) is 5.75 Å². The summed E-state index contributed by atoms with van der Waals surface area (Å²) in [5.74, 6) is -0.548. The van der Waals surface area contributed by atoms with E-state index in [0.717, 1.165) is 0 Å². The zero-order valence-corrected chi connectivity index (χ0v) is 16.6. The minimum absolute atomic E-state index is 0.0670. The number of carbonyl (C=O) groups is 2. The number of ether oxygens (including phenoxy) is 2. The van der Waals surface area contributed by atoms with E-state index >= 15 is 0 Å². The van der Waals surface area contributed by atoms with Crippen LogP contribution in [0.2, 0.25) is 0 Å². The first kappa shape index (κ1) is 22.5. The van der Waals surface area contributed by atoms with Crippen molar-refractivity contribution in [2.24, 2.45) is 5.73 Å². The van der Waals surface area contributed by atoms with Crippen molar-refractivity contribution >= 4 is 32.8 Å². The molecule has 0 bridgehead atoms. The van der Waals surface area contributed by atoms with Crippen molar-refractivity contribution in [3.05, 3.63) is 29.8 Å². The smallest absolute Gasteiger partial charge is 0.383 e. The van der Waals surface area contributed by atoms with Gasteiger partial charge in [-0.3, -0.25) is 19.4 Å². The van der Waals surface area contributed by atoms with Gasteiger partial charge in [-0.25, -0.2) is 4.79 Å². The summed E-state index contributed by atoms with van der Waals surface area (Å²) >= 11 is 3.83. The highest BCUT2D eigenvalue weighted by atomic mass is 32.1. The number of nitrogens with zero attached hydrogens (tertiary/aromatic N) is 1. The third-order valence-electron chi connectivity index (χ3n) is 3.29. The SMILES string of the molecule is CCOP(=O)(OCC)C(N)(C(=O)OCc1ccc(OC)cc1)N(S)C=O. The molecule has 0 radical (unpaired) electrons. The minimum atomic E-state index is -4.30. The van der Waals surface area contributed by atoms with E-state index in [9.17, 15) is 14.2 Å². The Morgan fingerprint density at radius 1 is 1.27 bits per heavy atom. The van der Waals surface area contributed by atoms with Crippen LogP contribution in [0.3, 0.4) is 0 Å². The minimum Gasteiger partial charge on any atom is -0.497 e. The highest BCUT2D eigenvalue weighted by molar-refractivity contribution is 7.79. The van der Waals surface area contributed by atoms with E-state index in [2.05, 4.69) is 12.8 Å². The van der Waals surface area contributed by atoms with Gasteiger partial charge in [-0.1, -0.05) is 24.9 Å². The third kappa shape index (κ3) is 4.77. The fourth-order valence-corrected chi connectivity index (χ4v) is 4.11. The van der Waals surface area contributed by atoms with Crippen LogP contribution in [0.15, 0.2) is 24.3 Å². The average Bonchev–Trinajstić information content (AvgIpc) is 2.65. The van der Waals surface area contributed by atoms with Gasteiger partial charge >= 0.3 is 19.0 Å². The lowest BCUT2D eigenvalue weighted by Gasteiger charge is -2.36. The van der Waals surface area contributed by atoms with Crippen LogP contribution in [0.4, 0.5) is 0 Å². The molecule has 1 amide bonds. The van der Waals surface area contributed by atoms with Crippen molar-refractivity contribution in [1.29, 1.82) is 0 Å². The summed E-state index contributed by atoms with van der Waals surface area (Å²) in [4.78, 5) is 23.8. The first-order valence-corrected chi connectivity index (χ1v) is 9.65. The first-order valence-electron chi connectivity index (χ1n) is 7.70. The lowest BCUT2D eigenvalue weighted by molar-refractivity contribution is -0.154. The normalized spacial score (nSPS) is 13.6. The Kier molecular flexibility index (Phi) is 8.58. The summed E-state index contributed by atoms with van der Waals surface area (Å²) in [5, 5.41) is -2.55. The number of benzene rings is 1. The van der Waals surface area contributed by atoms with Crippen molar-refractivity contribution in [3.8, 4) is 5.75 Å². The monoisotopic (exact) mass is 406 g/mol. The van der Waals surface area contributed by atoms with Crippen LogP contribution in [0, 0.1) is 0 Å². The summed E-state index contributed by atoms with van der Waals surface area (Å²) in [6.07, 6.45) is 0.127. The van der Waals surface area contributed by atoms with Gasteiger partial charge in [0.15, 0.2) is 0 Å². The quantitative estimate of drug-likeness (QED) is 0.188. The van der Waals surface area contributed by atoms with E-state index in [4.69, 9.17) is 24.3 Å². The third-order valence-corrected chi connectivity index (χ3v) is 6.29. The number of hydrogen-bond donors (Lipinski definition) is 2. The second kappa shape index (κ2) is 9.94. The molecule has 11 heteroatoms. The van der Waals surface area contributed by atoms with Gasteiger partial charge in [-0.15, -0.1) is 0 Å². The highest BCUT2D eigenvalue weighted by Crippen LogP contribution is 2.59. The van der Waals surface area contributed by atoms with E-state index in [-0.39, 0.29) is 26.2 Å². The maximum absolute atomic E-state index is 13.0. The molecule has 1 atom stereocenters. The number of hydrogen-bond acceptors (Lipinski definition) is 9. The summed E-state index contributed by atoms with van der Waals surface area (Å²) in [6, 6.07) is 6.71. The van der Waals surface area contributed by atoms with Crippen LogP contribution in [-0.4, -0.2) is 42.4 Å². The fraction of sp³-hybridized carbons (Fsp3) is 0.467. The Bertz CT molecular complexity index is 648. The summed E-state index contributed by atoms with van der Waals surface area (Å²) in [5.41, 5.74) is 6.59. The van der Waals surface area contributed by atoms with E-state index < -0.39 is 19.0 Å². The van der Waals surface area contributed by atoms with Crippen molar-refractivity contribution in [2.75, 3.05) is 20.3 Å². The predicted octanol–water partition coefficient (Wildman–Crippen LogP) is 1.92. The largest absolute Gasteiger partial charge is 0.497 e. The predicted molar refractivity (Wildman–Crippen MR) is 97.5 cm³/mol. The standard InChI is InChI=1S/C15H23N2O7PS/c1-4-23-25(20,24-5-2)15(16,17(26)11-18)14(19)22-10-12-6-8-13(21-3)9-7-12/h6-9,11,26H,4-5,10,16H2,1-3H3. The molecule has 1 aromatic carbocycles. The van der Waals surface area contributed by atoms with Crippen LogP contribution < -0.4 is 10.5 Å².